The lowest BCUT2D eigenvalue weighted by atomic mass is 9.78. The van der Waals surface area contributed by atoms with Gasteiger partial charge in [-0.2, -0.15) is 0 Å². The average molecular weight is 204 g/mol. The summed E-state index contributed by atoms with van der Waals surface area (Å²) in [6.07, 6.45) is 5.65. The van der Waals surface area contributed by atoms with Crippen molar-refractivity contribution in [2.45, 2.75) is 12.5 Å². The third kappa shape index (κ3) is 1.01. The van der Waals surface area contributed by atoms with Crippen LogP contribution in [0.3, 0.4) is 0 Å². The number of ketones is 1. The molecule has 3 aliphatic rings. The largest absolute Gasteiger partial charge is 0.458 e. The summed E-state index contributed by atoms with van der Waals surface area (Å²) < 4.78 is 5.23. The number of hydrogen-bond donors (Lipinski definition) is 0. The zero-order valence-electron chi connectivity index (χ0n) is 8.26. The van der Waals surface area contributed by atoms with Crippen molar-refractivity contribution >= 4 is 11.8 Å². The lowest BCUT2D eigenvalue weighted by molar-refractivity contribution is -0.143. The van der Waals surface area contributed by atoms with E-state index in [1.165, 1.54) is 0 Å². The number of carbonyl (C=O) groups excluding carboxylic acids is 2. The van der Waals surface area contributed by atoms with Crippen LogP contribution in [0.25, 0.3) is 0 Å². The Labute approximate surface area is 87.8 Å². The quantitative estimate of drug-likeness (QED) is 0.474. The fourth-order valence-corrected chi connectivity index (χ4v) is 3.23. The summed E-state index contributed by atoms with van der Waals surface area (Å²) >= 11 is 0. The summed E-state index contributed by atoms with van der Waals surface area (Å²) in [6.45, 7) is 3.75. The summed E-state index contributed by atoms with van der Waals surface area (Å²) in [5.74, 6) is 0.0392. The number of hydrogen-bond acceptors (Lipinski definition) is 3. The molecule has 0 aromatic heterocycles. The first-order valence-corrected chi connectivity index (χ1v) is 5.27. The van der Waals surface area contributed by atoms with E-state index < -0.39 is 0 Å². The normalized spacial score (nSPS) is 46.5. The van der Waals surface area contributed by atoms with Crippen LogP contribution in [0.2, 0.25) is 0 Å². The molecule has 78 valence electrons. The van der Waals surface area contributed by atoms with Crippen molar-refractivity contribution in [3.8, 4) is 0 Å². The van der Waals surface area contributed by atoms with Gasteiger partial charge in [-0.3, -0.25) is 9.59 Å². The summed E-state index contributed by atoms with van der Waals surface area (Å²) in [4.78, 5) is 23.3. The Balaban J connectivity index is 2.06. The van der Waals surface area contributed by atoms with E-state index in [9.17, 15) is 9.59 Å². The molecular weight excluding hydrogens is 192 g/mol. The lowest BCUT2D eigenvalue weighted by Crippen LogP contribution is -2.33. The minimum absolute atomic E-state index is 0.0676. The van der Waals surface area contributed by atoms with Crippen LogP contribution in [0.4, 0.5) is 0 Å². The molecule has 3 nitrogen and oxygen atoms in total. The van der Waals surface area contributed by atoms with Crippen LogP contribution in [0, 0.1) is 23.7 Å². The van der Waals surface area contributed by atoms with Gasteiger partial charge in [-0.25, -0.2) is 0 Å². The Morgan fingerprint density at radius 2 is 2.27 bits per heavy atom. The maximum Gasteiger partial charge on any atom is 0.310 e. The molecule has 2 aliphatic carbocycles. The summed E-state index contributed by atoms with van der Waals surface area (Å²) in [7, 11) is 0. The van der Waals surface area contributed by atoms with E-state index in [2.05, 4.69) is 6.58 Å². The second kappa shape index (κ2) is 2.81. The lowest BCUT2D eigenvalue weighted by Gasteiger charge is -2.25. The highest BCUT2D eigenvalue weighted by molar-refractivity contribution is 5.95. The van der Waals surface area contributed by atoms with Crippen molar-refractivity contribution < 1.29 is 14.3 Å². The van der Waals surface area contributed by atoms with Gasteiger partial charge in [-0.1, -0.05) is 6.08 Å². The van der Waals surface area contributed by atoms with Gasteiger partial charge in [0, 0.05) is 11.8 Å². The Hall–Kier alpha value is -1.38. The second-order valence-electron chi connectivity index (χ2n) is 4.51. The highest BCUT2D eigenvalue weighted by Gasteiger charge is 2.57. The fourth-order valence-electron chi connectivity index (χ4n) is 3.23. The fraction of sp³-hybridized carbons (Fsp3) is 0.500. The Bertz CT molecular complexity index is 382. The molecule has 0 unspecified atom stereocenters. The highest BCUT2D eigenvalue weighted by atomic mass is 16.6. The van der Waals surface area contributed by atoms with Crippen LogP contribution < -0.4 is 0 Å². The first kappa shape index (κ1) is 8.89. The van der Waals surface area contributed by atoms with Gasteiger partial charge >= 0.3 is 5.97 Å². The molecule has 1 saturated heterocycles. The third-order valence-electron chi connectivity index (χ3n) is 3.88. The predicted octanol–water partition coefficient (Wildman–Crippen LogP) is 1.11. The number of rotatable bonds is 1. The molecule has 0 aromatic rings. The molecule has 5 atom stereocenters. The van der Waals surface area contributed by atoms with Crippen LogP contribution in [-0.2, 0) is 14.3 Å². The van der Waals surface area contributed by atoms with Crippen LogP contribution in [-0.4, -0.2) is 17.9 Å². The zero-order valence-corrected chi connectivity index (χ0v) is 8.26. The summed E-state index contributed by atoms with van der Waals surface area (Å²) in [5, 5.41) is 0. The Morgan fingerprint density at radius 3 is 3.00 bits per heavy atom. The molecule has 0 aromatic carbocycles. The molecule has 1 aliphatic heterocycles. The van der Waals surface area contributed by atoms with E-state index in [1.54, 1.807) is 12.2 Å². The van der Waals surface area contributed by atoms with Gasteiger partial charge in [-0.15, -0.1) is 6.58 Å². The first-order valence-electron chi connectivity index (χ1n) is 5.27. The van der Waals surface area contributed by atoms with Crippen molar-refractivity contribution in [1.29, 1.82) is 0 Å². The third-order valence-corrected chi connectivity index (χ3v) is 3.88. The first-order chi connectivity index (χ1) is 7.22. The number of allylic oxidation sites excluding steroid dienone is 2. The van der Waals surface area contributed by atoms with Gasteiger partial charge < -0.3 is 4.74 Å². The molecule has 2 fully saturated rings. The molecule has 1 heterocycles. The van der Waals surface area contributed by atoms with Crippen molar-refractivity contribution in [3.05, 3.63) is 24.8 Å². The number of ether oxygens (including phenoxy) is 1. The van der Waals surface area contributed by atoms with Gasteiger partial charge in [0.05, 0.1) is 5.92 Å². The van der Waals surface area contributed by atoms with E-state index in [0.29, 0.717) is 0 Å². The molecular formula is C12H12O3. The standard InChI is InChI=1S/C12H12O3/c1-2-6-5-7-11-9(15-12(7)14)4-3-8(13)10(6)11/h2-4,6-7,9-11H,1,5H2/t6-,7-,9+,10-,11+/m1/s1. The van der Waals surface area contributed by atoms with Crippen molar-refractivity contribution in [1.82, 2.24) is 0 Å². The van der Waals surface area contributed by atoms with E-state index in [-0.39, 0.29) is 41.5 Å². The van der Waals surface area contributed by atoms with E-state index >= 15 is 0 Å². The molecule has 0 amide bonds. The van der Waals surface area contributed by atoms with Crippen LogP contribution in [0.1, 0.15) is 6.42 Å². The van der Waals surface area contributed by atoms with Crippen molar-refractivity contribution in [3.63, 3.8) is 0 Å². The van der Waals surface area contributed by atoms with E-state index in [4.69, 9.17) is 4.74 Å². The molecule has 0 bridgehead atoms. The van der Waals surface area contributed by atoms with Gasteiger partial charge in [-0.05, 0) is 24.5 Å². The Morgan fingerprint density at radius 1 is 1.47 bits per heavy atom. The molecule has 0 spiro atoms. The maximum atomic E-state index is 11.8. The predicted molar refractivity (Wildman–Crippen MR) is 52.8 cm³/mol. The smallest absolute Gasteiger partial charge is 0.310 e. The van der Waals surface area contributed by atoms with Gasteiger partial charge in [0.15, 0.2) is 5.78 Å². The molecule has 0 radical (unpaired) electrons. The number of carbonyl (C=O) groups is 2. The van der Waals surface area contributed by atoms with Crippen LogP contribution >= 0.6 is 0 Å². The minimum atomic E-state index is -0.171. The second-order valence-corrected chi connectivity index (χ2v) is 4.51. The van der Waals surface area contributed by atoms with Gasteiger partial charge in [0.2, 0.25) is 0 Å². The van der Waals surface area contributed by atoms with E-state index in [0.717, 1.165) is 6.42 Å². The van der Waals surface area contributed by atoms with Gasteiger partial charge in [0.25, 0.3) is 0 Å². The highest BCUT2D eigenvalue weighted by Crippen LogP contribution is 2.51. The molecule has 3 rings (SSSR count). The molecule has 15 heavy (non-hydrogen) atoms. The number of esters is 1. The van der Waals surface area contributed by atoms with E-state index in [1.807, 2.05) is 6.08 Å². The minimum Gasteiger partial charge on any atom is -0.458 e. The summed E-state index contributed by atoms with van der Waals surface area (Å²) in [6, 6.07) is 0. The van der Waals surface area contributed by atoms with Gasteiger partial charge in [0.1, 0.15) is 6.10 Å². The zero-order chi connectivity index (χ0) is 10.6. The van der Waals surface area contributed by atoms with Crippen molar-refractivity contribution in [2.24, 2.45) is 23.7 Å². The summed E-state index contributed by atoms with van der Waals surface area (Å²) in [5.41, 5.74) is 0. The monoisotopic (exact) mass is 204 g/mol. The maximum absolute atomic E-state index is 11.8. The molecule has 1 saturated carbocycles. The topological polar surface area (TPSA) is 43.4 Å². The van der Waals surface area contributed by atoms with Crippen LogP contribution in [0.5, 0.6) is 0 Å². The molecule has 0 N–H and O–H groups in total. The SMILES string of the molecule is C=C[C@@H]1C[C@H]2C(=O)O[C@H]3C=CC(=O)[C@@H]1[C@H]32. The average Bonchev–Trinajstić information content (AvgIpc) is 2.74. The van der Waals surface area contributed by atoms with Crippen LogP contribution in [0.15, 0.2) is 24.8 Å². The Kier molecular flexibility index (Phi) is 1.67. The molecule has 3 heteroatoms. The van der Waals surface area contributed by atoms with Crippen molar-refractivity contribution in [2.75, 3.05) is 0 Å².